The Morgan fingerprint density at radius 2 is 2.47 bits per heavy atom. The van der Waals surface area contributed by atoms with Crippen molar-refractivity contribution in [3.8, 4) is 0 Å². The van der Waals surface area contributed by atoms with Crippen molar-refractivity contribution in [2.24, 2.45) is 0 Å². The first-order valence-electron chi connectivity index (χ1n) is 5.73. The molecule has 1 aliphatic heterocycles. The summed E-state index contributed by atoms with van der Waals surface area (Å²) in [5.74, 6) is 0.903. The highest BCUT2D eigenvalue weighted by Gasteiger charge is 2.32. The molecule has 1 saturated heterocycles. The van der Waals surface area contributed by atoms with Crippen LogP contribution in [0.2, 0.25) is 0 Å². The van der Waals surface area contributed by atoms with Crippen LogP contribution in [-0.4, -0.2) is 35.1 Å². The number of anilines is 2. The van der Waals surface area contributed by atoms with E-state index in [9.17, 15) is 4.79 Å². The van der Waals surface area contributed by atoms with E-state index in [0.29, 0.717) is 18.2 Å². The Kier molecular flexibility index (Phi) is 3.41. The van der Waals surface area contributed by atoms with Crippen molar-refractivity contribution in [1.82, 2.24) is 9.97 Å². The summed E-state index contributed by atoms with van der Waals surface area (Å²) < 4.78 is 5.05. The van der Waals surface area contributed by atoms with Gasteiger partial charge < -0.3 is 15.4 Å². The van der Waals surface area contributed by atoms with E-state index >= 15 is 0 Å². The molecular weight excluding hydrogens is 220 g/mol. The van der Waals surface area contributed by atoms with Crippen LogP contribution in [0.25, 0.3) is 0 Å². The van der Waals surface area contributed by atoms with Gasteiger partial charge in [-0.05, 0) is 19.8 Å². The smallest absolute Gasteiger partial charge is 0.328 e. The number of carbonyl (C=O) groups is 1. The Labute approximate surface area is 99.8 Å². The predicted molar refractivity (Wildman–Crippen MR) is 63.4 cm³/mol. The van der Waals surface area contributed by atoms with Crippen molar-refractivity contribution in [3.63, 3.8) is 0 Å². The average molecular weight is 236 g/mol. The Morgan fingerprint density at radius 1 is 1.65 bits per heavy atom. The quantitative estimate of drug-likeness (QED) is 0.773. The van der Waals surface area contributed by atoms with Gasteiger partial charge in [0.1, 0.15) is 24.0 Å². The van der Waals surface area contributed by atoms with E-state index in [-0.39, 0.29) is 12.0 Å². The van der Waals surface area contributed by atoms with Gasteiger partial charge in [0, 0.05) is 12.6 Å². The standard InChI is InChI=1S/C11H16N4O2/c1-2-17-11(16)8-4-3-5-15(8)10-6-9(12)13-7-14-10/h6-8H,2-5H2,1H3,(H2,12,13,14). The molecule has 1 atom stereocenters. The van der Waals surface area contributed by atoms with Gasteiger partial charge in [-0.1, -0.05) is 0 Å². The van der Waals surface area contributed by atoms with E-state index < -0.39 is 0 Å². The van der Waals surface area contributed by atoms with Gasteiger partial charge in [0.2, 0.25) is 0 Å². The molecule has 1 aromatic rings. The van der Waals surface area contributed by atoms with Crippen LogP contribution < -0.4 is 10.6 Å². The van der Waals surface area contributed by atoms with E-state index in [4.69, 9.17) is 10.5 Å². The second-order valence-electron chi connectivity index (χ2n) is 3.90. The van der Waals surface area contributed by atoms with Crippen LogP contribution in [0, 0.1) is 0 Å². The molecule has 0 aliphatic carbocycles. The maximum atomic E-state index is 11.8. The molecule has 0 aromatic carbocycles. The van der Waals surface area contributed by atoms with Crippen LogP contribution >= 0.6 is 0 Å². The normalized spacial score (nSPS) is 19.4. The van der Waals surface area contributed by atoms with Crippen LogP contribution in [0.4, 0.5) is 11.6 Å². The fraction of sp³-hybridized carbons (Fsp3) is 0.545. The van der Waals surface area contributed by atoms with Crippen LogP contribution in [0.3, 0.4) is 0 Å². The first kappa shape index (κ1) is 11.6. The molecule has 0 spiro atoms. The molecule has 1 fully saturated rings. The number of hydrogen-bond acceptors (Lipinski definition) is 6. The van der Waals surface area contributed by atoms with E-state index in [1.165, 1.54) is 6.33 Å². The Morgan fingerprint density at radius 3 is 3.18 bits per heavy atom. The average Bonchev–Trinajstić information content (AvgIpc) is 2.78. The van der Waals surface area contributed by atoms with E-state index in [1.807, 2.05) is 4.90 Å². The number of ether oxygens (including phenoxy) is 1. The van der Waals surface area contributed by atoms with Gasteiger partial charge in [-0.3, -0.25) is 0 Å². The molecule has 0 amide bonds. The summed E-state index contributed by atoms with van der Waals surface area (Å²) in [6, 6.07) is 1.43. The molecule has 1 aromatic heterocycles. The summed E-state index contributed by atoms with van der Waals surface area (Å²) in [5.41, 5.74) is 5.61. The van der Waals surface area contributed by atoms with Crippen molar-refractivity contribution >= 4 is 17.6 Å². The summed E-state index contributed by atoms with van der Waals surface area (Å²) in [7, 11) is 0. The lowest BCUT2D eigenvalue weighted by Crippen LogP contribution is -2.37. The molecule has 1 aliphatic rings. The molecule has 2 rings (SSSR count). The van der Waals surface area contributed by atoms with Gasteiger partial charge in [0.05, 0.1) is 6.61 Å². The molecule has 1 unspecified atom stereocenters. The molecule has 92 valence electrons. The number of nitrogens with zero attached hydrogens (tertiary/aromatic N) is 3. The topological polar surface area (TPSA) is 81.3 Å². The number of rotatable bonds is 3. The number of aromatic nitrogens is 2. The lowest BCUT2D eigenvalue weighted by Gasteiger charge is -2.23. The lowest BCUT2D eigenvalue weighted by atomic mass is 10.2. The van der Waals surface area contributed by atoms with Crippen LogP contribution in [0.1, 0.15) is 19.8 Å². The third-order valence-corrected chi connectivity index (χ3v) is 2.78. The SMILES string of the molecule is CCOC(=O)C1CCCN1c1cc(N)ncn1. The Hall–Kier alpha value is -1.85. The summed E-state index contributed by atoms with van der Waals surface area (Å²) in [4.78, 5) is 21.7. The summed E-state index contributed by atoms with van der Waals surface area (Å²) >= 11 is 0. The zero-order valence-corrected chi connectivity index (χ0v) is 9.80. The fourth-order valence-corrected chi connectivity index (χ4v) is 2.04. The minimum Gasteiger partial charge on any atom is -0.464 e. The third kappa shape index (κ3) is 2.46. The van der Waals surface area contributed by atoms with Crippen molar-refractivity contribution < 1.29 is 9.53 Å². The summed E-state index contributed by atoms with van der Waals surface area (Å²) in [6.45, 7) is 2.99. The highest BCUT2D eigenvalue weighted by atomic mass is 16.5. The molecule has 2 N–H and O–H groups in total. The van der Waals surface area contributed by atoms with Gasteiger partial charge in [0.15, 0.2) is 0 Å². The first-order chi connectivity index (χ1) is 8.22. The van der Waals surface area contributed by atoms with Gasteiger partial charge >= 0.3 is 5.97 Å². The molecule has 0 bridgehead atoms. The van der Waals surface area contributed by atoms with Crippen LogP contribution in [-0.2, 0) is 9.53 Å². The highest BCUT2D eigenvalue weighted by molar-refractivity contribution is 5.80. The predicted octanol–water partition coefficient (Wildman–Crippen LogP) is 0.591. The van der Waals surface area contributed by atoms with Gasteiger partial charge in [0.25, 0.3) is 0 Å². The molecule has 0 radical (unpaired) electrons. The number of carbonyl (C=O) groups excluding carboxylic acids is 1. The van der Waals surface area contributed by atoms with E-state index in [1.54, 1.807) is 13.0 Å². The third-order valence-electron chi connectivity index (χ3n) is 2.78. The second kappa shape index (κ2) is 4.99. The molecular formula is C11H16N4O2. The van der Waals surface area contributed by atoms with Gasteiger partial charge in [-0.2, -0.15) is 0 Å². The van der Waals surface area contributed by atoms with Crippen molar-refractivity contribution in [3.05, 3.63) is 12.4 Å². The zero-order chi connectivity index (χ0) is 12.3. The number of hydrogen-bond donors (Lipinski definition) is 1. The zero-order valence-electron chi connectivity index (χ0n) is 9.80. The number of nitrogens with two attached hydrogens (primary N) is 1. The summed E-state index contributed by atoms with van der Waals surface area (Å²) in [5, 5.41) is 0. The number of esters is 1. The fourth-order valence-electron chi connectivity index (χ4n) is 2.04. The minimum absolute atomic E-state index is 0.192. The van der Waals surface area contributed by atoms with Crippen molar-refractivity contribution in [2.45, 2.75) is 25.8 Å². The van der Waals surface area contributed by atoms with Crippen molar-refractivity contribution in [2.75, 3.05) is 23.8 Å². The maximum absolute atomic E-state index is 11.8. The molecule has 6 heteroatoms. The van der Waals surface area contributed by atoms with Crippen molar-refractivity contribution in [1.29, 1.82) is 0 Å². The summed E-state index contributed by atoms with van der Waals surface area (Å²) in [6.07, 6.45) is 3.15. The monoisotopic (exact) mass is 236 g/mol. The van der Waals surface area contributed by atoms with E-state index in [2.05, 4.69) is 9.97 Å². The first-order valence-corrected chi connectivity index (χ1v) is 5.73. The molecule has 17 heavy (non-hydrogen) atoms. The molecule has 0 saturated carbocycles. The largest absolute Gasteiger partial charge is 0.464 e. The maximum Gasteiger partial charge on any atom is 0.328 e. The van der Waals surface area contributed by atoms with Gasteiger partial charge in [-0.15, -0.1) is 0 Å². The minimum atomic E-state index is -0.246. The number of nitrogen functional groups attached to an aromatic ring is 1. The lowest BCUT2D eigenvalue weighted by molar-refractivity contribution is -0.144. The van der Waals surface area contributed by atoms with E-state index in [0.717, 1.165) is 19.4 Å². The molecule has 6 nitrogen and oxygen atoms in total. The van der Waals surface area contributed by atoms with Crippen LogP contribution in [0.15, 0.2) is 12.4 Å². The Balaban J connectivity index is 2.17. The molecule has 2 heterocycles. The van der Waals surface area contributed by atoms with Crippen LogP contribution in [0.5, 0.6) is 0 Å². The second-order valence-corrected chi connectivity index (χ2v) is 3.90. The highest BCUT2D eigenvalue weighted by Crippen LogP contribution is 2.25. The van der Waals surface area contributed by atoms with Gasteiger partial charge in [-0.25, -0.2) is 14.8 Å². The Bertz CT molecular complexity index is 410.